The van der Waals surface area contributed by atoms with E-state index < -0.39 is 0 Å². The number of amides is 1. The highest BCUT2D eigenvalue weighted by atomic mass is 35.5. The van der Waals surface area contributed by atoms with E-state index in [4.69, 9.17) is 21.3 Å². The van der Waals surface area contributed by atoms with Crippen LogP contribution in [0, 0.1) is 0 Å². The average molecular weight is 411 g/mol. The maximum Gasteiger partial charge on any atom is 0.256 e. The molecule has 0 bridgehead atoms. The molecule has 6 nitrogen and oxygen atoms in total. The number of likely N-dealkylation sites (tertiary alicyclic amines) is 1. The number of nitrogens with zero attached hydrogens (tertiary/aromatic N) is 3. The number of halogens is 1. The summed E-state index contributed by atoms with van der Waals surface area (Å²) in [5, 5.41) is 0.673. The number of ether oxygens (including phenoxy) is 1. The first-order valence-electron chi connectivity index (χ1n) is 10.1. The molecule has 3 heterocycles. The van der Waals surface area contributed by atoms with Crippen molar-refractivity contribution < 1.29 is 9.53 Å². The quantitative estimate of drug-likeness (QED) is 0.708. The van der Waals surface area contributed by atoms with Crippen LogP contribution in [-0.2, 0) is 4.74 Å². The van der Waals surface area contributed by atoms with Gasteiger partial charge in [0.15, 0.2) is 0 Å². The smallest absolute Gasteiger partial charge is 0.256 e. The van der Waals surface area contributed by atoms with Crippen LogP contribution < -0.4 is 4.90 Å². The van der Waals surface area contributed by atoms with Crippen molar-refractivity contribution in [1.82, 2.24) is 14.9 Å². The molecular weight excluding hydrogens is 388 g/mol. The summed E-state index contributed by atoms with van der Waals surface area (Å²) in [7, 11) is 0. The lowest BCUT2D eigenvalue weighted by Crippen LogP contribution is -2.38. The zero-order valence-corrected chi connectivity index (χ0v) is 16.9. The van der Waals surface area contributed by atoms with E-state index in [1.807, 2.05) is 47.4 Å². The standard InChI is InChI=1S/C22H23ClN4O2/c23-15-7-8-17-18(14-15)25-21(24-17)20-6-3-9-27(20)22(28)16-4-1-2-5-19(16)26-10-12-29-13-11-26/h1-2,4-5,7-8,14,20H,3,6,9-13H2,(H,24,25). The van der Waals surface area contributed by atoms with Gasteiger partial charge < -0.3 is 19.5 Å². The van der Waals surface area contributed by atoms with E-state index in [0.29, 0.717) is 18.2 Å². The van der Waals surface area contributed by atoms with E-state index in [1.54, 1.807) is 0 Å². The number of para-hydroxylation sites is 1. The fraction of sp³-hybridized carbons (Fsp3) is 0.364. The Kier molecular flexibility index (Phi) is 4.89. The summed E-state index contributed by atoms with van der Waals surface area (Å²) in [6.45, 7) is 3.72. The Morgan fingerprint density at radius 1 is 1.14 bits per heavy atom. The van der Waals surface area contributed by atoms with Crippen LogP contribution in [0.2, 0.25) is 5.02 Å². The summed E-state index contributed by atoms with van der Waals surface area (Å²) in [5.41, 5.74) is 3.52. The predicted octanol–water partition coefficient (Wildman–Crippen LogP) is 4.03. The third kappa shape index (κ3) is 3.47. The molecule has 150 valence electrons. The van der Waals surface area contributed by atoms with Crippen LogP contribution in [0.1, 0.15) is 35.1 Å². The molecular formula is C22H23ClN4O2. The number of aromatic nitrogens is 2. The Balaban J connectivity index is 1.46. The van der Waals surface area contributed by atoms with Gasteiger partial charge in [0.1, 0.15) is 5.82 Å². The lowest BCUT2D eigenvalue weighted by atomic mass is 10.1. The minimum absolute atomic E-state index is 0.0496. The lowest BCUT2D eigenvalue weighted by Gasteiger charge is -2.31. The summed E-state index contributed by atoms with van der Waals surface area (Å²) in [5.74, 6) is 0.894. The molecule has 2 aromatic carbocycles. The van der Waals surface area contributed by atoms with E-state index in [1.165, 1.54) is 0 Å². The monoisotopic (exact) mass is 410 g/mol. The molecule has 0 aliphatic carbocycles. The van der Waals surface area contributed by atoms with Gasteiger partial charge in [0.25, 0.3) is 5.91 Å². The number of anilines is 1. The Hall–Kier alpha value is -2.57. The molecule has 2 fully saturated rings. The van der Waals surface area contributed by atoms with Crippen LogP contribution in [0.25, 0.3) is 11.0 Å². The largest absolute Gasteiger partial charge is 0.378 e. The average Bonchev–Trinajstić information content (AvgIpc) is 3.40. The zero-order chi connectivity index (χ0) is 19.8. The van der Waals surface area contributed by atoms with Gasteiger partial charge in [-0.1, -0.05) is 23.7 Å². The molecule has 1 unspecified atom stereocenters. The van der Waals surface area contributed by atoms with Crippen molar-refractivity contribution in [1.29, 1.82) is 0 Å². The molecule has 1 N–H and O–H groups in total. The summed E-state index contributed by atoms with van der Waals surface area (Å²) >= 11 is 6.11. The molecule has 5 rings (SSSR count). The highest BCUT2D eigenvalue weighted by Gasteiger charge is 2.34. The molecule has 1 atom stereocenters. The molecule has 0 saturated carbocycles. The molecule has 1 aromatic heterocycles. The van der Waals surface area contributed by atoms with Crippen LogP contribution in [0.4, 0.5) is 5.69 Å². The number of hydrogen-bond acceptors (Lipinski definition) is 4. The summed E-state index contributed by atoms with van der Waals surface area (Å²) in [6, 6.07) is 13.5. The van der Waals surface area contributed by atoms with Crippen molar-refractivity contribution >= 4 is 34.2 Å². The van der Waals surface area contributed by atoms with Gasteiger partial charge in [0.2, 0.25) is 0 Å². The second kappa shape index (κ2) is 7.69. The molecule has 29 heavy (non-hydrogen) atoms. The Bertz CT molecular complexity index is 1040. The van der Waals surface area contributed by atoms with E-state index in [2.05, 4.69) is 9.88 Å². The maximum atomic E-state index is 13.6. The number of fused-ring (bicyclic) bond motifs is 1. The van der Waals surface area contributed by atoms with E-state index >= 15 is 0 Å². The van der Waals surface area contributed by atoms with Gasteiger partial charge in [0.05, 0.1) is 35.9 Å². The topological polar surface area (TPSA) is 61.5 Å². The highest BCUT2D eigenvalue weighted by molar-refractivity contribution is 6.31. The SMILES string of the molecule is O=C(c1ccccc1N1CCOCC1)N1CCCC1c1nc2ccc(Cl)cc2[nH]1. The number of morpholine rings is 1. The van der Waals surface area contributed by atoms with Crippen molar-refractivity contribution in [3.8, 4) is 0 Å². The van der Waals surface area contributed by atoms with Crippen LogP contribution in [0.15, 0.2) is 42.5 Å². The van der Waals surface area contributed by atoms with E-state index in [0.717, 1.165) is 60.6 Å². The summed E-state index contributed by atoms with van der Waals surface area (Å²) in [4.78, 5) is 25.9. The third-order valence-corrected chi connectivity index (χ3v) is 6.01. The van der Waals surface area contributed by atoms with Crippen LogP contribution in [0.3, 0.4) is 0 Å². The van der Waals surface area contributed by atoms with Crippen LogP contribution in [0.5, 0.6) is 0 Å². The van der Waals surface area contributed by atoms with Gasteiger partial charge in [0, 0.05) is 30.3 Å². The number of hydrogen-bond donors (Lipinski definition) is 1. The van der Waals surface area contributed by atoms with Gasteiger partial charge in [-0.3, -0.25) is 4.79 Å². The van der Waals surface area contributed by atoms with Gasteiger partial charge in [-0.25, -0.2) is 4.98 Å². The van der Waals surface area contributed by atoms with Gasteiger partial charge in [-0.2, -0.15) is 0 Å². The molecule has 0 spiro atoms. The van der Waals surface area contributed by atoms with E-state index in [9.17, 15) is 4.79 Å². The number of aromatic amines is 1. The Labute approximate surface area is 174 Å². The molecule has 2 saturated heterocycles. The van der Waals surface area contributed by atoms with Crippen molar-refractivity contribution in [2.24, 2.45) is 0 Å². The van der Waals surface area contributed by atoms with Crippen LogP contribution >= 0.6 is 11.6 Å². The third-order valence-electron chi connectivity index (χ3n) is 5.78. The molecule has 1 amide bonds. The molecule has 2 aliphatic heterocycles. The van der Waals surface area contributed by atoms with Gasteiger partial charge in [-0.05, 0) is 43.2 Å². The predicted molar refractivity (Wildman–Crippen MR) is 114 cm³/mol. The number of benzene rings is 2. The normalized spacial score (nSPS) is 19.8. The number of carbonyl (C=O) groups is 1. The van der Waals surface area contributed by atoms with Crippen molar-refractivity contribution in [3.63, 3.8) is 0 Å². The Morgan fingerprint density at radius 2 is 1.97 bits per heavy atom. The first-order valence-corrected chi connectivity index (χ1v) is 10.5. The summed E-state index contributed by atoms with van der Waals surface area (Å²) in [6.07, 6.45) is 1.87. The minimum Gasteiger partial charge on any atom is -0.378 e. The second-order valence-electron chi connectivity index (χ2n) is 7.56. The maximum absolute atomic E-state index is 13.6. The minimum atomic E-state index is -0.0496. The molecule has 0 radical (unpaired) electrons. The first kappa shape index (κ1) is 18.5. The summed E-state index contributed by atoms with van der Waals surface area (Å²) < 4.78 is 5.47. The van der Waals surface area contributed by atoms with Gasteiger partial charge in [-0.15, -0.1) is 0 Å². The number of nitrogens with one attached hydrogen (secondary N) is 1. The first-order chi connectivity index (χ1) is 14.2. The Morgan fingerprint density at radius 3 is 2.83 bits per heavy atom. The van der Waals surface area contributed by atoms with Crippen molar-refractivity contribution in [2.75, 3.05) is 37.7 Å². The van der Waals surface area contributed by atoms with Gasteiger partial charge >= 0.3 is 0 Å². The fourth-order valence-electron chi connectivity index (χ4n) is 4.34. The van der Waals surface area contributed by atoms with Crippen molar-refractivity contribution in [3.05, 3.63) is 58.9 Å². The second-order valence-corrected chi connectivity index (χ2v) is 7.99. The highest BCUT2D eigenvalue weighted by Crippen LogP contribution is 2.34. The number of imidazole rings is 1. The molecule has 2 aliphatic rings. The molecule has 7 heteroatoms. The number of carbonyl (C=O) groups excluding carboxylic acids is 1. The lowest BCUT2D eigenvalue weighted by molar-refractivity contribution is 0.0730. The molecule has 3 aromatic rings. The van der Waals surface area contributed by atoms with Crippen LogP contribution in [-0.4, -0.2) is 53.6 Å². The van der Waals surface area contributed by atoms with E-state index in [-0.39, 0.29) is 11.9 Å². The number of rotatable bonds is 3. The fourth-order valence-corrected chi connectivity index (χ4v) is 4.51. The van der Waals surface area contributed by atoms with Crippen molar-refractivity contribution in [2.45, 2.75) is 18.9 Å². The zero-order valence-electron chi connectivity index (χ0n) is 16.1. The number of H-pyrrole nitrogens is 1.